The monoisotopic (exact) mass is 296 g/mol. The Bertz CT molecular complexity index is 786. The summed E-state index contributed by atoms with van der Waals surface area (Å²) in [5.41, 5.74) is 1.17. The van der Waals surface area contributed by atoms with Gasteiger partial charge >= 0.3 is 0 Å². The van der Waals surface area contributed by atoms with Gasteiger partial charge in [0.05, 0.1) is 6.54 Å². The smallest absolute Gasteiger partial charge is 0.251 e. The number of amides is 1. The molecular weight excluding hydrogens is 283 g/mol. The van der Waals surface area contributed by atoms with Crippen molar-refractivity contribution < 1.29 is 9.18 Å². The molecule has 2 aromatic carbocycles. The van der Waals surface area contributed by atoms with E-state index < -0.39 is 5.82 Å². The largest absolute Gasteiger partial charge is 0.345 e. The normalized spacial score (nSPS) is 10.4. The summed E-state index contributed by atoms with van der Waals surface area (Å²) in [7, 11) is 0. The Morgan fingerprint density at radius 3 is 2.73 bits per heavy atom. The molecule has 0 saturated carbocycles. The maximum Gasteiger partial charge on any atom is 0.251 e. The highest BCUT2D eigenvalue weighted by Gasteiger charge is 2.10. The maximum absolute atomic E-state index is 13.1. The van der Waals surface area contributed by atoms with Gasteiger partial charge in [-0.05, 0) is 30.3 Å². The van der Waals surface area contributed by atoms with Gasteiger partial charge in [-0.3, -0.25) is 9.36 Å². The average Bonchev–Trinajstić information content (AvgIpc) is 3.02. The molecule has 0 spiro atoms. The van der Waals surface area contributed by atoms with Crippen molar-refractivity contribution in [2.45, 2.75) is 6.54 Å². The third-order valence-electron chi connectivity index (χ3n) is 3.15. The van der Waals surface area contributed by atoms with Gasteiger partial charge in [0.25, 0.3) is 5.91 Å². The van der Waals surface area contributed by atoms with E-state index in [1.807, 2.05) is 30.3 Å². The highest BCUT2D eigenvalue weighted by atomic mass is 19.1. The van der Waals surface area contributed by atoms with Crippen LogP contribution >= 0.6 is 0 Å². The Morgan fingerprint density at radius 1 is 1.14 bits per heavy atom. The first-order valence-electron chi connectivity index (χ1n) is 6.72. The van der Waals surface area contributed by atoms with E-state index in [9.17, 15) is 9.18 Å². The van der Waals surface area contributed by atoms with Gasteiger partial charge in [-0.1, -0.05) is 24.3 Å². The molecule has 0 unspecified atom stereocenters. The summed E-state index contributed by atoms with van der Waals surface area (Å²) in [4.78, 5) is 12.0. The zero-order valence-electron chi connectivity index (χ0n) is 11.6. The van der Waals surface area contributed by atoms with Crippen LogP contribution in [0.2, 0.25) is 0 Å². The first kappa shape index (κ1) is 13.9. The van der Waals surface area contributed by atoms with Crippen molar-refractivity contribution in [1.29, 1.82) is 0 Å². The lowest BCUT2D eigenvalue weighted by molar-refractivity contribution is 0.0949. The Balaban J connectivity index is 1.73. The number of hydrogen-bond donors (Lipinski definition) is 1. The van der Waals surface area contributed by atoms with Gasteiger partial charge in [0.1, 0.15) is 12.1 Å². The van der Waals surface area contributed by atoms with Gasteiger partial charge in [-0.15, -0.1) is 10.2 Å². The number of benzene rings is 2. The molecule has 1 amide bonds. The fraction of sp³-hybridized carbons (Fsp3) is 0.0625. The zero-order valence-corrected chi connectivity index (χ0v) is 11.6. The van der Waals surface area contributed by atoms with Crippen LogP contribution in [0.15, 0.2) is 60.9 Å². The van der Waals surface area contributed by atoms with Crippen molar-refractivity contribution in [2.24, 2.45) is 0 Å². The van der Waals surface area contributed by atoms with E-state index in [4.69, 9.17) is 0 Å². The summed E-state index contributed by atoms with van der Waals surface area (Å²) in [5.74, 6) is -0.210. The van der Waals surface area contributed by atoms with E-state index in [1.54, 1.807) is 17.0 Å². The van der Waals surface area contributed by atoms with Crippen molar-refractivity contribution in [3.05, 3.63) is 78.1 Å². The van der Waals surface area contributed by atoms with Crippen LogP contribution in [0.5, 0.6) is 0 Å². The van der Waals surface area contributed by atoms with Gasteiger partial charge in [0.15, 0.2) is 5.82 Å². The van der Waals surface area contributed by atoms with Crippen LogP contribution in [0.4, 0.5) is 4.39 Å². The summed E-state index contributed by atoms with van der Waals surface area (Å²) >= 11 is 0. The molecule has 1 heterocycles. The number of para-hydroxylation sites is 1. The van der Waals surface area contributed by atoms with Crippen LogP contribution in [0.3, 0.4) is 0 Å². The van der Waals surface area contributed by atoms with Crippen LogP contribution in [-0.2, 0) is 6.54 Å². The third-order valence-corrected chi connectivity index (χ3v) is 3.15. The van der Waals surface area contributed by atoms with Crippen LogP contribution in [0.1, 0.15) is 16.2 Å². The minimum Gasteiger partial charge on any atom is -0.345 e. The molecule has 5 nitrogen and oxygen atoms in total. The third kappa shape index (κ3) is 3.01. The van der Waals surface area contributed by atoms with Crippen molar-refractivity contribution in [1.82, 2.24) is 20.1 Å². The van der Waals surface area contributed by atoms with Gasteiger partial charge < -0.3 is 5.32 Å². The number of nitrogens with zero attached hydrogens (tertiary/aromatic N) is 3. The number of nitrogens with one attached hydrogen (secondary N) is 1. The summed E-state index contributed by atoms with van der Waals surface area (Å²) in [6.45, 7) is 0.199. The summed E-state index contributed by atoms with van der Waals surface area (Å²) in [5, 5.41) is 10.6. The predicted molar refractivity (Wildman–Crippen MR) is 78.9 cm³/mol. The fourth-order valence-corrected chi connectivity index (χ4v) is 2.07. The van der Waals surface area contributed by atoms with E-state index in [0.717, 1.165) is 5.69 Å². The lowest BCUT2D eigenvalue weighted by Gasteiger charge is -2.08. The van der Waals surface area contributed by atoms with Gasteiger partial charge in [0.2, 0.25) is 0 Å². The second-order valence-corrected chi connectivity index (χ2v) is 4.65. The lowest BCUT2D eigenvalue weighted by Crippen LogP contribution is -2.24. The van der Waals surface area contributed by atoms with Crippen molar-refractivity contribution in [2.75, 3.05) is 0 Å². The first-order valence-corrected chi connectivity index (χ1v) is 6.72. The van der Waals surface area contributed by atoms with E-state index in [-0.39, 0.29) is 18.0 Å². The molecule has 0 saturated heterocycles. The molecule has 0 aliphatic rings. The van der Waals surface area contributed by atoms with Crippen LogP contribution < -0.4 is 5.32 Å². The molecule has 22 heavy (non-hydrogen) atoms. The number of carbonyl (C=O) groups is 1. The molecule has 0 radical (unpaired) electrons. The molecule has 1 aromatic heterocycles. The summed E-state index contributed by atoms with van der Waals surface area (Å²) in [6, 6.07) is 15.1. The Hall–Kier alpha value is -3.02. The van der Waals surface area contributed by atoms with Crippen LogP contribution in [0, 0.1) is 5.82 Å². The quantitative estimate of drug-likeness (QED) is 0.804. The first-order chi connectivity index (χ1) is 10.7. The molecule has 1 N–H and O–H groups in total. The predicted octanol–water partition coefficient (Wildman–Crippen LogP) is 2.34. The van der Waals surface area contributed by atoms with Crippen LogP contribution in [-0.4, -0.2) is 20.7 Å². The number of aromatic nitrogens is 3. The summed E-state index contributed by atoms with van der Waals surface area (Å²) in [6.07, 6.45) is 1.58. The Labute approximate surface area is 126 Å². The number of halogens is 1. The van der Waals surface area contributed by atoms with Crippen molar-refractivity contribution in [3.63, 3.8) is 0 Å². The Kier molecular flexibility index (Phi) is 3.91. The molecule has 0 aliphatic carbocycles. The Morgan fingerprint density at radius 2 is 1.95 bits per heavy atom. The van der Waals surface area contributed by atoms with Gasteiger partial charge in [0, 0.05) is 11.3 Å². The zero-order chi connectivity index (χ0) is 15.4. The van der Waals surface area contributed by atoms with Crippen molar-refractivity contribution >= 4 is 5.91 Å². The molecule has 0 aliphatic heterocycles. The molecule has 0 atom stereocenters. The summed E-state index contributed by atoms with van der Waals surface area (Å²) < 4.78 is 14.9. The van der Waals surface area contributed by atoms with Gasteiger partial charge in [-0.25, -0.2) is 4.39 Å². The van der Waals surface area contributed by atoms with Gasteiger partial charge in [-0.2, -0.15) is 0 Å². The minimum absolute atomic E-state index is 0.199. The van der Waals surface area contributed by atoms with E-state index in [2.05, 4.69) is 15.5 Å². The van der Waals surface area contributed by atoms with E-state index in [0.29, 0.717) is 5.82 Å². The average molecular weight is 296 g/mol. The SMILES string of the molecule is O=C(NCc1nncn1-c1ccccc1)c1cccc(F)c1. The maximum atomic E-state index is 13.1. The molecule has 110 valence electrons. The number of carbonyl (C=O) groups excluding carboxylic acids is 1. The molecule has 3 rings (SSSR count). The molecular formula is C16H13FN4O. The van der Waals surface area contributed by atoms with Crippen molar-refractivity contribution in [3.8, 4) is 5.69 Å². The second-order valence-electron chi connectivity index (χ2n) is 4.65. The van der Waals surface area contributed by atoms with E-state index in [1.165, 1.54) is 18.2 Å². The standard InChI is InChI=1S/C16H13FN4O/c17-13-6-4-5-12(9-13)16(22)18-10-15-20-19-11-21(15)14-7-2-1-3-8-14/h1-9,11H,10H2,(H,18,22). The topological polar surface area (TPSA) is 59.8 Å². The number of hydrogen-bond acceptors (Lipinski definition) is 3. The van der Waals surface area contributed by atoms with E-state index >= 15 is 0 Å². The second kappa shape index (κ2) is 6.17. The lowest BCUT2D eigenvalue weighted by atomic mass is 10.2. The molecule has 0 fully saturated rings. The van der Waals surface area contributed by atoms with Crippen LogP contribution in [0.25, 0.3) is 5.69 Å². The fourth-order valence-electron chi connectivity index (χ4n) is 2.07. The molecule has 6 heteroatoms. The highest BCUT2D eigenvalue weighted by Crippen LogP contribution is 2.09. The molecule has 3 aromatic rings. The minimum atomic E-state index is -0.444. The molecule has 0 bridgehead atoms. The highest BCUT2D eigenvalue weighted by molar-refractivity contribution is 5.94. The number of rotatable bonds is 4.